The zero-order chi connectivity index (χ0) is 16.1. The number of nitrogens with zero attached hydrogens (tertiary/aromatic N) is 3. The van der Waals surface area contributed by atoms with E-state index in [2.05, 4.69) is 41.0 Å². The monoisotopic (exact) mass is 331 g/mol. The quantitative estimate of drug-likeness (QED) is 0.768. The lowest BCUT2D eigenvalue weighted by Crippen LogP contribution is -2.22. The predicted octanol–water partition coefficient (Wildman–Crippen LogP) is 4.69. The molecule has 2 aromatic rings. The third kappa shape index (κ3) is 4.58. The summed E-state index contributed by atoms with van der Waals surface area (Å²) in [6.45, 7) is 2.94. The smallest absolute Gasteiger partial charge is 0.160 e. The molecule has 0 amide bonds. The van der Waals surface area contributed by atoms with Crippen molar-refractivity contribution in [3.05, 3.63) is 42.2 Å². The summed E-state index contributed by atoms with van der Waals surface area (Å²) in [6.07, 6.45) is 10.2. The normalized spacial score (nSPS) is 17.5. The maximum atomic E-state index is 6.03. The lowest BCUT2D eigenvalue weighted by Gasteiger charge is -2.23. The van der Waals surface area contributed by atoms with E-state index in [9.17, 15) is 0 Å². The van der Waals surface area contributed by atoms with Gasteiger partial charge in [-0.05, 0) is 45.0 Å². The zero-order valence-electron chi connectivity index (χ0n) is 13.9. The Balaban J connectivity index is 1.55. The standard InChI is InChI=1S/C18H25N3OS/c1-14(17-10-11-19-13-20-17)21(2)12-15-8-9-18(22-15)23-16-6-4-3-5-7-16/h8-11,13-14,16H,3-7,12H2,1-2H3/t14-/m0/s1. The van der Waals surface area contributed by atoms with Crippen LogP contribution in [0.5, 0.6) is 0 Å². The molecular formula is C18H25N3OS. The summed E-state index contributed by atoms with van der Waals surface area (Å²) in [7, 11) is 2.10. The van der Waals surface area contributed by atoms with Crippen LogP contribution in [0.15, 0.2) is 40.2 Å². The molecule has 5 heteroatoms. The van der Waals surface area contributed by atoms with Gasteiger partial charge >= 0.3 is 0 Å². The van der Waals surface area contributed by atoms with Gasteiger partial charge in [-0.15, -0.1) is 0 Å². The minimum absolute atomic E-state index is 0.234. The molecule has 3 rings (SSSR count). The molecule has 0 radical (unpaired) electrons. The summed E-state index contributed by atoms with van der Waals surface area (Å²) in [5, 5.41) is 1.80. The van der Waals surface area contributed by atoms with Crippen LogP contribution in [0.2, 0.25) is 0 Å². The first-order valence-electron chi connectivity index (χ1n) is 8.44. The molecule has 2 heterocycles. The van der Waals surface area contributed by atoms with Crippen molar-refractivity contribution in [2.24, 2.45) is 0 Å². The topological polar surface area (TPSA) is 42.2 Å². The molecule has 1 saturated carbocycles. The molecule has 0 N–H and O–H groups in total. The number of hydrogen-bond donors (Lipinski definition) is 0. The van der Waals surface area contributed by atoms with Gasteiger partial charge in [0, 0.05) is 17.5 Å². The molecule has 1 aliphatic carbocycles. The molecule has 0 aromatic carbocycles. The van der Waals surface area contributed by atoms with Gasteiger partial charge in [-0.3, -0.25) is 4.90 Å². The summed E-state index contributed by atoms with van der Waals surface area (Å²) in [6, 6.07) is 6.43. The van der Waals surface area contributed by atoms with E-state index >= 15 is 0 Å². The van der Waals surface area contributed by atoms with Crippen LogP contribution >= 0.6 is 11.8 Å². The summed E-state index contributed by atoms with van der Waals surface area (Å²) in [5.41, 5.74) is 1.03. The fraction of sp³-hybridized carbons (Fsp3) is 0.556. The Morgan fingerprint density at radius 2 is 2.09 bits per heavy atom. The Hall–Kier alpha value is -1.33. The van der Waals surface area contributed by atoms with Gasteiger partial charge in [0.25, 0.3) is 0 Å². The maximum absolute atomic E-state index is 6.03. The van der Waals surface area contributed by atoms with E-state index in [1.807, 2.05) is 17.8 Å². The molecule has 1 aliphatic rings. The molecule has 4 nitrogen and oxygen atoms in total. The van der Waals surface area contributed by atoms with Crippen LogP contribution in [0.1, 0.15) is 56.5 Å². The largest absolute Gasteiger partial charge is 0.454 e. The first-order valence-corrected chi connectivity index (χ1v) is 9.32. The van der Waals surface area contributed by atoms with E-state index in [1.54, 1.807) is 12.5 Å². The van der Waals surface area contributed by atoms with Gasteiger partial charge in [-0.25, -0.2) is 9.97 Å². The first-order chi connectivity index (χ1) is 11.2. The van der Waals surface area contributed by atoms with E-state index in [-0.39, 0.29) is 6.04 Å². The molecule has 0 unspecified atom stereocenters. The van der Waals surface area contributed by atoms with Gasteiger partial charge in [-0.2, -0.15) is 0 Å². The highest BCUT2D eigenvalue weighted by Gasteiger charge is 2.18. The minimum atomic E-state index is 0.234. The molecular weight excluding hydrogens is 306 g/mol. The van der Waals surface area contributed by atoms with E-state index in [1.165, 1.54) is 32.1 Å². The van der Waals surface area contributed by atoms with Crippen LogP contribution in [0, 0.1) is 0 Å². The zero-order valence-corrected chi connectivity index (χ0v) is 14.8. The van der Waals surface area contributed by atoms with E-state index in [0.29, 0.717) is 0 Å². The van der Waals surface area contributed by atoms with Crippen molar-refractivity contribution in [3.8, 4) is 0 Å². The Morgan fingerprint density at radius 1 is 1.26 bits per heavy atom. The van der Waals surface area contributed by atoms with Crippen molar-refractivity contribution in [1.82, 2.24) is 14.9 Å². The second kappa shape index (κ2) is 7.97. The van der Waals surface area contributed by atoms with Crippen LogP contribution in [0.25, 0.3) is 0 Å². The van der Waals surface area contributed by atoms with Crippen LogP contribution in [0.3, 0.4) is 0 Å². The summed E-state index contributed by atoms with van der Waals surface area (Å²) in [4.78, 5) is 10.6. The molecule has 0 spiro atoms. The van der Waals surface area contributed by atoms with Crippen LogP contribution in [-0.2, 0) is 6.54 Å². The van der Waals surface area contributed by atoms with Crippen molar-refractivity contribution in [2.75, 3.05) is 7.05 Å². The lowest BCUT2D eigenvalue weighted by atomic mass is 10.0. The lowest BCUT2D eigenvalue weighted by molar-refractivity contribution is 0.223. The Labute approximate surface area is 142 Å². The highest BCUT2D eigenvalue weighted by Crippen LogP contribution is 2.34. The number of furan rings is 1. The van der Waals surface area contributed by atoms with Gasteiger partial charge in [0.15, 0.2) is 5.09 Å². The van der Waals surface area contributed by atoms with Crippen LogP contribution in [0.4, 0.5) is 0 Å². The predicted molar refractivity (Wildman–Crippen MR) is 93.4 cm³/mol. The third-order valence-corrected chi connectivity index (χ3v) is 5.83. The van der Waals surface area contributed by atoms with Crippen molar-refractivity contribution >= 4 is 11.8 Å². The number of hydrogen-bond acceptors (Lipinski definition) is 5. The van der Waals surface area contributed by atoms with Gasteiger partial charge in [0.1, 0.15) is 12.1 Å². The molecule has 0 saturated heterocycles. The van der Waals surface area contributed by atoms with Crippen molar-refractivity contribution in [3.63, 3.8) is 0 Å². The molecule has 0 aliphatic heterocycles. The van der Waals surface area contributed by atoms with Gasteiger partial charge in [0.2, 0.25) is 0 Å². The third-order valence-electron chi connectivity index (χ3n) is 4.57. The van der Waals surface area contributed by atoms with Gasteiger partial charge in [-0.1, -0.05) is 31.0 Å². The minimum Gasteiger partial charge on any atom is -0.454 e. The molecule has 2 aromatic heterocycles. The molecule has 1 atom stereocenters. The highest BCUT2D eigenvalue weighted by molar-refractivity contribution is 7.99. The maximum Gasteiger partial charge on any atom is 0.160 e. The average Bonchev–Trinajstić information content (AvgIpc) is 3.02. The fourth-order valence-corrected chi connectivity index (χ4v) is 4.21. The van der Waals surface area contributed by atoms with Crippen LogP contribution in [-0.4, -0.2) is 27.2 Å². The van der Waals surface area contributed by atoms with Crippen molar-refractivity contribution < 1.29 is 4.42 Å². The van der Waals surface area contributed by atoms with E-state index < -0.39 is 0 Å². The summed E-state index contributed by atoms with van der Waals surface area (Å²) < 4.78 is 6.03. The van der Waals surface area contributed by atoms with E-state index in [0.717, 1.165) is 28.3 Å². The summed E-state index contributed by atoms with van der Waals surface area (Å²) >= 11 is 1.91. The average molecular weight is 331 g/mol. The molecule has 124 valence electrons. The van der Waals surface area contributed by atoms with Crippen molar-refractivity contribution in [2.45, 2.75) is 62.0 Å². The Bertz CT molecular complexity index is 595. The highest BCUT2D eigenvalue weighted by atomic mass is 32.2. The SMILES string of the molecule is C[C@@H](c1ccncn1)N(C)Cc1ccc(SC2CCCCC2)o1. The van der Waals surface area contributed by atoms with Gasteiger partial charge < -0.3 is 4.42 Å². The first kappa shape index (κ1) is 16.5. The molecule has 0 bridgehead atoms. The summed E-state index contributed by atoms with van der Waals surface area (Å²) in [5.74, 6) is 1.02. The Morgan fingerprint density at radius 3 is 2.83 bits per heavy atom. The number of rotatable bonds is 6. The van der Waals surface area contributed by atoms with E-state index in [4.69, 9.17) is 4.42 Å². The van der Waals surface area contributed by atoms with Crippen LogP contribution < -0.4 is 0 Å². The fourth-order valence-electron chi connectivity index (χ4n) is 3.01. The van der Waals surface area contributed by atoms with Crippen molar-refractivity contribution in [1.29, 1.82) is 0 Å². The number of aromatic nitrogens is 2. The second-order valence-electron chi connectivity index (χ2n) is 6.32. The molecule has 23 heavy (non-hydrogen) atoms. The Kier molecular flexibility index (Phi) is 5.73. The number of thioether (sulfide) groups is 1. The molecule has 1 fully saturated rings. The van der Waals surface area contributed by atoms with Gasteiger partial charge in [0.05, 0.1) is 12.2 Å². The second-order valence-corrected chi connectivity index (χ2v) is 7.63.